The van der Waals surface area contributed by atoms with E-state index in [2.05, 4.69) is 15.2 Å². The minimum absolute atomic E-state index is 0. The Kier molecular flexibility index (Phi) is 8.94. The molecule has 0 saturated carbocycles. The van der Waals surface area contributed by atoms with E-state index in [0.29, 0.717) is 49.9 Å². The molecule has 2 aromatic rings. The fourth-order valence-electron chi connectivity index (χ4n) is 3.49. The van der Waals surface area contributed by atoms with E-state index in [1.807, 2.05) is 23.1 Å². The van der Waals surface area contributed by atoms with Crippen molar-refractivity contribution in [2.24, 2.45) is 4.99 Å². The van der Waals surface area contributed by atoms with E-state index in [-0.39, 0.29) is 24.0 Å². The molecule has 0 aromatic heterocycles. The first-order valence-corrected chi connectivity index (χ1v) is 9.42. The van der Waals surface area contributed by atoms with Crippen LogP contribution >= 0.6 is 24.0 Å². The second kappa shape index (κ2) is 11.2. The number of hydrogen-bond donors (Lipinski definition) is 1. The van der Waals surface area contributed by atoms with Gasteiger partial charge in [-0.2, -0.15) is 0 Å². The second-order valence-electron chi connectivity index (χ2n) is 6.62. The standard InChI is InChI=1S/C21H26F2N4O2.HI/c1-24-21(25-14-15-5-4-6-19(28-2)20(15)29-3)27-11-9-26(10-12-27)18-13-16(22)7-8-17(18)23;/h4-8,13H,9-12,14H2,1-3H3,(H,24,25);1H. The van der Waals surface area contributed by atoms with Crippen molar-refractivity contribution in [3.63, 3.8) is 0 Å². The van der Waals surface area contributed by atoms with Gasteiger partial charge in [0, 0.05) is 51.4 Å². The quantitative estimate of drug-likeness (QED) is 0.363. The second-order valence-corrected chi connectivity index (χ2v) is 6.62. The molecule has 0 radical (unpaired) electrons. The summed E-state index contributed by atoms with van der Waals surface area (Å²) in [6.45, 7) is 2.95. The normalized spacial score (nSPS) is 14.2. The molecule has 1 aliphatic heterocycles. The maximum atomic E-state index is 14.0. The van der Waals surface area contributed by atoms with E-state index in [1.54, 1.807) is 21.3 Å². The third kappa shape index (κ3) is 5.44. The molecule has 1 aliphatic rings. The third-order valence-corrected chi connectivity index (χ3v) is 4.96. The summed E-state index contributed by atoms with van der Waals surface area (Å²) in [5, 5.41) is 3.34. The zero-order valence-electron chi connectivity index (χ0n) is 17.3. The number of piperazine rings is 1. The molecular formula is C21H27F2IN4O2. The Hall–Kier alpha value is -2.30. The van der Waals surface area contributed by atoms with Crippen LogP contribution in [0.3, 0.4) is 0 Å². The van der Waals surface area contributed by atoms with Crippen molar-refractivity contribution in [2.45, 2.75) is 6.54 Å². The molecule has 0 amide bonds. The number of para-hydroxylation sites is 1. The molecule has 3 rings (SSSR count). The van der Waals surface area contributed by atoms with Crippen LogP contribution in [0, 0.1) is 11.6 Å². The van der Waals surface area contributed by atoms with Gasteiger partial charge in [0.25, 0.3) is 0 Å². The summed E-state index contributed by atoms with van der Waals surface area (Å²) in [6, 6.07) is 9.27. The Morgan fingerprint density at radius 2 is 1.80 bits per heavy atom. The smallest absolute Gasteiger partial charge is 0.194 e. The zero-order chi connectivity index (χ0) is 20.8. The van der Waals surface area contributed by atoms with E-state index < -0.39 is 11.6 Å². The molecule has 30 heavy (non-hydrogen) atoms. The zero-order valence-corrected chi connectivity index (χ0v) is 19.7. The number of nitrogens with one attached hydrogen (secondary N) is 1. The summed E-state index contributed by atoms with van der Waals surface area (Å²) >= 11 is 0. The lowest BCUT2D eigenvalue weighted by Gasteiger charge is -2.37. The van der Waals surface area contributed by atoms with Gasteiger partial charge < -0.3 is 24.6 Å². The first kappa shape index (κ1) is 24.0. The van der Waals surface area contributed by atoms with Gasteiger partial charge in [-0.1, -0.05) is 12.1 Å². The average Bonchev–Trinajstić information content (AvgIpc) is 2.76. The highest BCUT2D eigenvalue weighted by Gasteiger charge is 2.22. The van der Waals surface area contributed by atoms with Crippen LogP contribution in [0.2, 0.25) is 0 Å². The minimum atomic E-state index is -0.437. The van der Waals surface area contributed by atoms with Crippen molar-refractivity contribution in [1.82, 2.24) is 10.2 Å². The van der Waals surface area contributed by atoms with Crippen molar-refractivity contribution in [3.8, 4) is 11.5 Å². The number of aliphatic imine (C=N–C) groups is 1. The third-order valence-electron chi connectivity index (χ3n) is 4.96. The summed E-state index contributed by atoms with van der Waals surface area (Å²) in [5.74, 6) is 1.26. The molecule has 0 spiro atoms. The Morgan fingerprint density at radius 1 is 1.07 bits per heavy atom. The summed E-state index contributed by atoms with van der Waals surface area (Å²) in [6.07, 6.45) is 0. The van der Waals surface area contributed by atoms with Gasteiger partial charge in [-0.15, -0.1) is 24.0 Å². The number of benzene rings is 2. The molecular weight excluding hydrogens is 505 g/mol. The fraction of sp³-hybridized carbons (Fsp3) is 0.381. The largest absolute Gasteiger partial charge is 0.493 e. The van der Waals surface area contributed by atoms with E-state index in [4.69, 9.17) is 9.47 Å². The van der Waals surface area contributed by atoms with Gasteiger partial charge in [0.2, 0.25) is 0 Å². The predicted octanol–water partition coefficient (Wildman–Crippen LogP) is 3.50. The van der Waals surface area contributed by atoms with Gasteiger partial charge in [-0.3, -0.25) is 4.99 Å². The molecule has 1 heterocycles. The Labute approximate surface area is 192 Å². The van der Waals surface area contributed by atoms with Crippen LogP contribution < -0.4 is 19.7 Å². The molecule has 1 N–H and O–H groups in total. The lowest BCUT2D eigenvalue weighted by molar-refractivity contribution is 0.350. The Balaban J connectivity index is 0.00000320. The minimum Gasteiger partial charge on any atom is -0.493 e. The number of ether oxygens (including phenoxy) is 2. The van der Waals surface area contributed by atoms with Crippen molar-refractivity contribution in [2.75, 3.05) is 52.3 Å². The highest BCUT2D eigenvalue weighted by molar-refractivity contribution is 14.0. The molecule has 1 fully saturated rings. The molecule has 0 aliphatic carbocycles. The SMILES string of the molecule is CN=C(NCc1cccc(OC)c1OC)N1CCN(c2cc(F)ccc2F)CC1.I. The Morgan fingerprint density at radius 3 is 2.43 bits per heavy atom. The summed E-state index contributed by atoms with van der Waals surface area (Å²) in [4.78, 5) is 8.31. The lowest BCUT2D eigenvalue weighted by Crippen LogP contribution is -2.52. The first-order valence-electron chi connectivity index (χ1n) is 9.42. The first-order chi connectivity index (χ1) is 14.1. The van der Waals surface area contributed by atoms with E-state index >= 15 is 0 Å². The van der Waals surface area contributed by atoms with Crippen LogP contribution in [0.5, 0.6) is 11.5 Å². The van der Waals surface area contributed by atoms with Crippen LogP contribution in [0.1, 0.15) is 5.56 Å². The molecule has 0 atom stereocenters. The Bertz CT molecular complexity index is 874. The molecule has 164 valence electrons. The molecule has 0 unspecified atom stereocenters. The van der Waals surface area contributed by atoms with Gasteiger partial charge in [0.05, 0.1) is 19.9 Å². The van der Waals surface area contributed by atoms with Gasteiger partial charge in [0.1, 0.15) is 11.6 Å². The summed E-state index contributed by atoms with van der Waals surface area (Å²) in [7, 11) is 4.94. The van der Waals surface area contributed by atoms with Crippen LogP contribution in [0.25, 0.3) is 0 Å². The maximum absolute atomic E-state index is 14.0. The van der Waals surface area contributed by atoms with Crippen LogP contribution in [0.4, 0.5) is 14.5 Å². The molecule has 2 aromatic carbocycles. The van der Waals surface area contributed by atoms with Crippen LogP contribution in [0.15, 0.2) is 41.4 Å². The number of halogens is 3. The van der Waals surface area contributed by atoms with E-state index in [9.17, 15) is 8.78 Å². The highest BCUT2D eigenvalue weighted by Crippen LogP contribution is 2.30. The topological polar surface area (TPSA) is 49.3 Å². The molecule has 9 heteroatoms. The summed E-state index contributed by atoms with van der Waals surface area (Å²) in [5.41, 5.74) is 1.25. The number of hydrogen-bond acceptors (Lipinski definition) is 4. The van der Waals surface area contributed by atoms with E-state index in [1.165, 1.54) is 12.1 Å². The lowest BCUT2D eigenvalue weighted by atomic mass is 10.2. The number of anilines is 1. The maximum Gasteiger partial charge on any atom is 0.194 e. The monoisotopic (exact) mass is 532 g/mol. The van der Waals surface area contributed by atoms with Crippen LogP contribution in [-0.4, -0.2) is 58.3 Å². The van der Waals surface area contributed by atoms with Gasteiger partial charge >= 0.3 is 0 Å². The van der Waals surface area contributed by atoms with Gasteiger partial charge in [0.15, 0.2) is 17.5 Å². The van der Waals surface area contributed by atoms with Crippen LogP contribution in [-0.2, 0) is 6.54 Å². The van der Waals surface area contributed by atoms with Crippen molar-refractivity contribution in [3.05, 3.63) is 53.6 Å². The fourth-order valence-corrected chi connectivity index (χ4v) is 3.49. The van der Waals surface area contributed by atoms with Crippen molar-refractivity contribution >= 4 is 35.6 Å². The predicted molar refractivity (Wildman–Crippen MR) is 125 cm³/mol. The van der Waals surface area contributed by atoms with Crippen molar-refractivity contribution in [1.29, 1.82) is 0 Å². The van der Waals surface area contributed by atoms with Gasteiger partial charge in [-0.25, -0.2) is 8.78 Å². The van der Waals surface area contributed by atoms with Gasteiger partial charge in [-0.05, 0) is 18.2 Å². The number of nitrogens with zero attached hydrogens (tertiary/aromatic N) is 3. The van der Waals surface area contributed by atoms with Crippen molar-refractivity contribution < 1.29 is 18.3 Å². The van der Waals surface area contributed by atoms with E-state index in [0.717, 1.165) is 17.6 Å². The molecule has 6 nitrogen and oxygen atoms in total. The number of guanidine groups is 1. The summed E-state index contributed by atoms with van der Waals surface area (Å²) < 4.78 is 38.3. The number of methoxy groups -OCH3 is 2. The number of rotatable bonds is 5. The average molecular weight is 532 g/mol. The molecule has 0 bridgehead atoms. The molecule has 1 saturated heterocycles. The highest BCUT2D eigenvalue weighted by atomic mass is 127.